The van der Waals surface area contributed by atoms with Crippen molar-refractivity contribution in [1.82, 2.24) is 5.01 Å². The smallest absolute Gasteiger partial charge is 0.0524 e. The largest absolute Gasteiger partial charge is 0.396 e. The summed E-state index contributed by atoms with van der Waals surface area (Å²) >= 11 is 0. The van der Waals surface area contributed by atoms with Crippen molar-refractivity contribution in [3.05, 3.63) is 4.91 Å². The van der Waals surface area contributed by atoms with Crippen molar-refractivity contribution in [2.24, 2.45) is 11.2 Å². The summed E-state index contributed by atoms with van der Waals surface area (Å²) in [6, 6.07) is 0. The van der Waals surface area contributed by atoms with Crippen LogP contribution in [0.3, 0.4) is 0 Å². The maximum Gasteiger partial charge on any atom is 0.0524 e. The summed E-state index contributed by atoms with van der Waals surface area (Å²) in [6.07, 6.45) is 0. The van der Waals surface area contributed by atoms with Gasteiger partial charge in [0.2, 0.25) is 0 Å². The first-order valence-corrected chi connectivity index (χ1v) is 2.56. The van der Waals surface area contributed by atoms with Gasteiger partial charge >= 0.3 is 0 Å². The minimum atomic E-state index is 0.173. The van der Waals surface area contributed by atoms with Crippen LogP contribution in [0.1, 0.15) is 0 Å². The lowest BCUT2D eigenvalue weighted by Crippen LogP contribution is -2.44. The van der Waals surface area contributed by atoms with E-state index in [1.54, 1.807) is 0 Å². The van der Waals surface area contributed by atoms with E-state index in [0.717, 1.165) is 0 Å². The van der Waals surface area contributed by atoms with Crippen molar-refractivity contribution in [3.63, 3.8) is 0 Å². The molecule has 0 bridgehead atoms. The highest BCUT2D eigenvalue weighted by molar-refractivity contribution is 4.75. The number of nitrogens with zero attached hydrogens (tertiary/aromatic N) is 2. The molecule has 1 N–H and O–H groups in total. The van der Waals surface area contributed by atoms with Crippen molar-refractivity contribution >= 4 is 0 Å². The molecule has 0 unspecified atom stereocenters. The minimum Gasteiger partial charge on any atom is -0.396 e. The Labute approximate surface area is 47.0 Å². The second kappa shape index (κ2) is 2.09. The topological polar surface area (TPSA) is 52.9 Å². The molecule has 0 aromatic heterocycles. The van der Waals surface area contributed by atoms with Gasteiger partial charge in [0, 0.05) is 25.6 Å². The lowest BCUT2D eigenvalue weighted by molar-refractivity contribution is 0.0550. The van der Waals surface area contributed by atoms with Crippen LogP contribution in [0.25, 0.3) is 0 Å². The quantitative estimate of drug-likeness (QED) is 0.499. The first-order valence-electron chi connectivity index (χ1n) is 2.56. The van der Waals surface area contributed by atoms with Crippen molar-refractivity contribution in [1.29, 1.82) is 0 Å². The number of nitroso groups, excluding NO2 is 1. The third-order valence-electron chi connectivity index (χ3n) is 1.31. The van der Waals surface area contributed by atoms with Crippen LogP contribution in [-0.4, -0.2) is 29.8 Å². The van der Waals surface area contributed by atoms with E-state index in [4.69, 9.17) is 5.11 Å². The van der Waals surface area contributed by atoms with Gasteiger partial charge in [0.25, 0.3) is 0 Å². The molecule has 1 fully saturated rings. The fourth-order valence-corrected chi connectivity index (χ4v) is 0.725. The van der Waals surface area contributed by atoms with E-state index in [9.17, 15) is 4.91 Å². The molecule has 0 saturated carbocycles. The second-order valence-corrected chi connectivity index (χ2v) is 2.00. The zero-order valence-corrected chi connectivity index (χ0v) is 4.45. The normalized spacial score (nSPS) is 20.4. The summed E-state index contributed by atoms with van der Waals surface area (Å²) in [5.74, 6) is 0.285. The molecule has 46 valence electrons. The molecule has 0 atom stereocenters. The fourth-order valence-electron chi connectivity index (χ4n) is 0.725. The van der Waals surface area contributed by atoms with Crippen LogP contribution in [0.15, 0.2) is 5.29 Å². The van der Waals surface area contributed by atoms with Gasteiger partial charge < -0.3 is 5.11 Å². The second-order valence-electron chi connectivity index (χ2n) is 2.00. The molecule has 0 aliphatic carbocycles. The summed E-state index contributed by atoms with van der Waals surface area (Å²) in [5.41, 5.74) is 0. The zero-order chi connectivity index (χ0) is 5.98. The number of aliphatic hydroxyl groups is 1. The Morgan fingerprint density at radius 2 is 2.38 bits per heavy atom. The van der Waals surface area contributed by atoms with Gasteiger partial charge in [0.1, 0.15) is 0 Å². The number of aliphatic hydroxyl groups excluding tert-OH is 1. The number of hydrogen-bond donors (Lipinski definition) is 1. The van der Waals surface area contributed by atoms with Gasteiger partial charge in [-0.2, -0.15) is 0 Å². The average molecular weight is 116 g/mol. The highest BCUT2D eigenvalue weighted by Gasteiger charge is 2.25. The Morgan fingerprint density at radius 3 is 2.75 bits per heavy atom. The summed E-state index contributed by atoms with van der Waals surface area (Å²) in [6.45, 7) is 1.42. The molecule has 1 rings (SSSR count). The zero-order valence-electron chi connectivity index (χ0n) is 4.45. The van der Waals surface area contributed by atoms with E-state index in [0.29, 0.717) is 13.1 Å². The predicted molar refractivity (Wildman–Crippen MR) is 27.9 cm³/mol. The van der Waals surface area contributed by atoms with Crippen LogP contribution in [0.4, 0.5) is 0 Å². The van der Waals surface area contributed by atoms with E-state index < -0.39 is 0 Å². The van der Waals surface area contributed by atoms with Gasteiger partial charge in [-0.1, -0.05) is 0 Å². The Balaban J connectivity index is 2.11. The van der Waals surface area contributed by atoms with Crippen LogP contribution >= 0.6 is 0 Å². The predicted octanol–water partition coefficient (Wildman–Crippen LogP) is -0.408. The third kappa shape index (κ3) is 0.790. The molecule has 1 saturated heterocycles. The molecule has 0 amide bonds. The molecule has 4 heteroatoms. The third-order valence-corrected chi connectivity index (χ3v) is 1.31. The van der Waals surface area contributed by atoms with Gasteiger partial charge in [-0.15, -0.1) is 4.91 Å². The van der Waals surface area contributed by atoms with Gasteiger partial charge in [-0.25, -0.2) is 0 Å². The van der Waals surface area contributed by atoms with E-state index in [2.05, 4.69) is 5.29 Å². The van der Waals surface area contributed by atoms with E-state index >= 15 is 0 Å². The fraction of sp³-hybridized carbons (Fsp3) is 1.00. The SMILES string of the molecule is O=NN1CC(CO)C1. The van der Waals surface area contributed by atoms with Crippen molar-refractivity contribution in [2.75, 3.05) is 19.7 Å². The molecule has 1 aliphatic rings. The Hall–Kier alpha value is -0.640. The highest BCUT2D eigenvalue weighted by Crippen LogP contribution is 2.13. The summed E-state index contributed by atoms with van der Waals surface area (Å²) in [7, 11) is 0. The Morgan fingerprint density at radius 1 is 1.75 bits per heavy atom. The molecule has 0 aromatic rings. The average Bonchev–Trinajstić information content (AvgIpc) is 1.65. The molecule has 4 nitrogen and oxygen atoms in total. The van der Waals surface area contributed by atoms with Crippen LogP contribution in [0, 0.1) is 10.8 Å². The minimum absolute atomic E-state index is 0.173. The first-order chi connectivity index (χ1) is 3.86. The molecule has 1 heterocycles. The van der Waals surface area contributed by atoms with Crippen molar-refractivity contribution < 1.29 is 5.11 Å². The molecular formula is C4H8N2O2. The summed E-state index contributed by atoms with van der Waals surface area (Å²) < 4.78 is 0. The maximum atomic E-state index is 9.64. The Bertz CT molecular complexity index is 90.0. The number of rotatable bonds is 2. The van der Waals surface area contributed by atoms with Gasteiger partial charge in [0.05, 0.1) is 5.29 Å². The van der Waals surface area contributed by atoms with Gasteiger partial charge in [0.15, 0.2) is 0 Å². The van der Waals surface area contributed by atoms with E-state index in [1.807, 2.05) is 0 Å². The van der Waals surface area contributed by atoms with E-state index in [1.165, 1.54) is 5.01 Å². The monoisotopic (exact) mass is 116 g/mol. The lowest BCUT2D eigenvalue weighted by Gasteiger charge is -2.32. The molecule has 0 aromatic carbocycles. The van der Waals surface area contributed by atoms with E-state index in [-0.39, 0.29) is 12.5 Å². The highest BCUT2D eigenvalue weighted by atomic mass is 16.3. The molecular weight excluding hydrogens is 108 g/mol. The standard InChI is InChI=1S/C4H8N2O2/c7-3-4-1-6(2-4)5-8/h4,7H,1-3H2. The summed E-state index contributed by atoms with van der Waals surface area (Å²) in [4.78, 5) is 9.64. The Kier molecular flexibility index (Phi) is 1.43. The molecule has 1 aliphatic heterocycles. The van der Waals surface area contributed by atoms with Crippen LogP contribution in [0.5, 0.6) is 0 Å². The van der Waals surface area contributed by atoms with Crippen LogP contribution in [-0.2, 0) is 0 Å². The van der Waals surface area contributed by atoms with Crippen LogP contribution in [0.2, 0.25) is 0 Å². The van der Waals surface area contributed by atoms with Crippen LogP contribution < -0.4 is 0 Å². The molecule has 0 spiro atoms. The van der Waals surface area contributed by atoms with Crippen molar-refractivity contribution in [2.45, 2.75) is 0 Å². The lowest BCUT2D eigenvalue weighted by atomic mass is 10.0. The summed E-state index contributed by atoms with van der Waals surface area (Å²) in [5, 5.41) is 12.5. The molecule has 0 radical (unpaired) electrons. The first kappa shape index (κ1) is 5.50. The van der Waals surface area contributed by atoms with Crippen molar-refractivity contribution in [3.8, 4) is 0 Å². The molecule has 8 heavy (non-hydrogen) atoms. The maximum absolute atomic E-state index is 9.64. The number of hydrogen-bond acceptors (Lipinski definition) is 3. The van der Waals surface area contributed by atoms with Gasteiger partial charge in [-0.05, 0) is 0 Å². The van der Waals surface area contributed by atoms with Gasteiger partial charge in [-0.3, -0.25) is 5.01 Å².